The number of aromatic nitrogens is 4. The van der Waals surface area contributed by atoms with Crippen LogP contribution in [0.2, 0.25) is 0 Å². The maximum Gasteiger partial charge on any atom is 0.254 e. The Hall–Kier alpha value is -6.49. The molecular formula is C45H41N7O6. The molecule has 0 bridgehead atoms. The number of nitrogens with one attached hydrogen (secondary N) is 2. The van der Waals surface area contributed by atoms with Crippen molar-refractivity contribution < 1.29 is 28.9 Å². The van der Waals surface area contributed by atoms with E-state index in [0.29, 0.717) is 55.3 Å². The number of aliphatic hydroxyl groups is 1. The van der Waals surface area contributed by atoms with Crippen LogP contribution in [0.1, 0.15) is 53.7 Å². The van der Waals surface area contributed by atoms with Crippen molar-refractivity contribution in [3.8, 4) is 34.6 Å². The van der Waals surface area contributed by atoms with Gasteiger partial charge in [0.25, 0.3) is 5.91 Å². The van der Waals surface area contributed by atoms with Crippen LogP contribution in [-0.4, -0.2) is 92.0 Å². The Balaban J connectivity index is 0.627. The summed E-state index contributed by atoms with van der Waals surface area (Å²) in [5.41, 5.74) is 7.57. The number of carbonyl (C=O) groups excluding carboxylic acids is 2. The first-order valence-corrected chi connectivity index (χ1v) is 19.8. The van der Waals surface area contributed by atoms with Gasteiger partial charge in [-0.15, -0.1) is 0 Å². The van der Waals surface area contributed by atoms with Crippen LogP contribution in [0.5, 0.6) is 11.6 Å². The minimum atomic E-state index is -1.05. The molecule has 13 nitrogen and oxygen atoms in total. The third kappa shape index (κ3) is 7.17. The standard InChI is InChI=1S/C45H41N7O6/c53-42-12-11-41(44(54)50-42)52-24-29-17-31(7-10-36(29)45(52)55)51-25-35(26-51)56-16-2-1-3-30-6-8-32(22-47-30)57-33-19-34(20-33)58-43-13-5-28(21-48-43)27-4-9-37-38-23-46-15-14-39(38)49-40(37)18-27/h4-10,13-15,17-18,21-23,33-35,41,44,49,54H,2,11-12,16,19-20,24-26H2,(H,50,53). The van der Waals surface area contributed by atoms with E-state index in [9.17, 15) is 14.7 Å². The van der Waals surface area contributed by atoms with Crippen LogP contribution in [0.15, 0.2) is 91.5 Å². The van der Waals surface area contributed by atoms with Crippen LogP contribution in [0, 0.1) is 11.8 Å². The monoisotopic (exact) mass is 775 g/mol. The number of anilines is 1. The number of aromatic amines is 1. The predicted octanol–water partition coefficient (Wildman–Crippen LogP) is 5.36. The van der Waals surface area contributed by atoms with Crippen molar-refractivity contribution in [2.24, 2.45) is 0 Å². The Labute approximate surface area is 334 Å². The predicted molar refractivity (Wildman–Crippen MR) is 216 cm³/mol. The molecule has 0 spiro atoms. The molecule has 2 aromatic carbocycles. The number of piperidine rings is 1. The molecule has 2 atom stereocenters. The Morgan fingerprint density at radius 2 is 1.72 bits per heavy atom. The van der Waals surface area contributed by atoms with Crippen LogP contribution >= 0.6 is 0 Å². The van der Waals surface area contributed by atoms with Crippen molar-refractivity contribution in [1.29, 1.82) is 0 Å². The first kappa shape index (κ1) is 35.9. The fourth-order valence-corrected chi connectivity index (χ4v) is 8.22. The van der Waals surface area contributed by atoms with E-state index < -0.39 is 12.3 Å². The van der Waals surface area contributed by atoms with E-state index in [1.807, 2.05) is 60.9 Å². The van der Waals surface area contributed by atoms with E-state index in [4.69, 9.17) is 14.2 Å². The van der Waals surface area contributed by atoms with Gasteiger partial charge in [0.15, 0.2) is 0 Å². The Kier molecular flexibility index (Phi) is 9.35. The first-order valence-electron chi connectivity index (χ1n) is 19.8. The lowest BCUT2D eigenvalue weighted by atomic mass is 9.92. The van der Waals surface area contributed by atoms with Gasteiger partial charge in [-0.05, 0) is 72.0 Å². The van der Waals surface area contributed by atoms with Crippen molar-refractivity contribution in [2.45, 2.75) is 69.2 Å². The molecule has 2 unspecified atom stereocenters. The number of aliphatic hydroxyl groups excluding tert-OH is 1. The van der Waals surface area contributed by atoms with Crippen LogP contribution in [0.4, 0.5) is 5.69 Å². The third-order valence-electron chi connectivity index (χ3n) is 11.5. The van der Waals surface area contributed by atoms with Crippen LogP contribution in [0.25, 0.3) is 32.9 Å². The highest BCUT2D eigenvalue weighted by Gasteiger charge is 2.39. The van der Waals surface area contributed by atoms with Gasteiger partial charge in [-0.3, -0.25) is 14.6 Å². The minimum absolute atomic E-state index is 0.0523. The smallest absolute Gasteiger partial charge is 0.254 e. The normalized spacial score (nSPS) is 21.5. The van der Waals surface area contributed by atoms with Crippen molar-refractivity contribution in [3.63, 3.8) is 0 Å². The highest BCUT2D eigenvalue weighted by atomic mass is 16.5. The van der Waals surface area contributed by atoms with Gasteiger partial charge in [-0.2, -0.15) is 0 Å². The second kappa shape index (κ2) is 15.1. The van der Waals surface area contributed by atoms with Gasteiger partial charge in [0.05, 0.1) is 24.9 Å². The zero-order valence-electron chi connectivity index (χ0n) is 31.6. The first-order chi connectivity index (χ1) is 28.4. The number of ether oxygens (including phenoxy) is 3. The van der Waals surface area contributed by atoms with Crippen molar-refractivity contribution in [2.75, 3.05) is 24.6 Å². The molecule has 1 saturated carbocycles. The Morgan fingerprint density at radius 3 is 2.55 bits per heavy atom. The van der Waals surface area contributed by atoms with Crippen LogP contribution in [-0.2, 0) is 16.1 Å². The van der Waals surface area contributed by atoms with E-state index in [1.54, 1.807) is 17.3 Å². The summed E-state index contributed by atoms with van der Waals surface area (Å²) in [7, 11) is 0. The van der Waals surface area contributed by atoms with Gasteiger partial charge in [0.2, 0.25) is 11.8 Å². The number of amides is 2. The Bertz CT molecular complexity index is 2570. The van der Waals surface area contributed by atoms with E-state index >= 15 is 0 Å². The molecule has 58 heavy (non-hydrogen) atoms. The number of hydrogen-bond donors (Lipinski definition) is 3. The highest BCUT2D eigenvalue weighted by molar-refractivity contribution is 6.07. The van der Waals surface area contributed by atoms with E-state index in [0.717, 1.165) is 70.1 Å². The molecule has 1 aliphatic carbocycles. The zero-order chi connectivity index (χ0) is 39.2. The van der Waals surface area contributed by atoms with Crippen molar-refractivity contribution in [1.82, 2.24) is 30.2 Å². The van der Waals surface area contributed by atoms with E-state index in [-0.39, 0.29) is 30.1 Å². The number of pyridine rings is 3. The van der Waals surface area contributed by atoms with Crippen molar-refractivity contribution in [3.05, 3.63) is 108 Å². The number of rotatable bonds is 10. The van der Waals surface area contributed by atoms with Crippen LogP contribution in [0.3, 0.4) is 0 Å². The lowest BCUT2D eigenvalue weighted by Crippen LogP contribution is -2.55. The van der Waals surface area contributed by atoms with Gasteiger partial charge < -0.3 is 39.4 Å². The van der Waals surface area contributed by atoms with Gasteiger partial charge in [-0.1, -0.05) is 18.1 Å². The lowest BCUT2D eigenvalue weighted by molar-refractivity contribution is -0.129. The summed E-state index contributed by atoms with van der Waals surface area (Å²) in [6, 6.07) is 21.6. The summed E-state index contributed by atoms with van der Waals surface area (Å²) in [6.07, 6.45) is 9.34. The molecule has 13 heteroatoms. The fraction of sp³-hybridized carbons (Fsp3) is 0.311. The summed E-state index contributed by atoms with van der Waals surface area (Å²) in [5.74, 6) is 7.29. The summed E-state index contributed by atoms with van der Waals surface area (Å²) in [5, 5.41) is 15.2. The number of H-pyrrole nitrogens is 1. The lowest BCUT2D eigenvalue weighted by Gasteiger charge is -2.40. The molecule has 3 fully saturated rings. The van der Waals surface area contributed by atoms with E-state index in [2.05, 4.69) is 60.2 Å². The van der Waals surface area contributed by atoms with Gasteiger partial charge in [0.1, 0.15) is 29.9 Å². The number of fused-ring (bicyclic) bond motifs is 4. The molecule has 3 aliphatic heterocycles. The number of carbonyl (C=O) groups is 2. The summed E-state index contributed by atoms with van der Waals surface area (Å²) in [4.78, 5) is 45.3. The molecular weight excluding hydrogens is 735 g/mol. The Morgan fingerprint density at radius 1 is 0.845 bits per heavy atom. The highest BCUT2D eigenvalue weighted by Crippen LogP contribution is 2.34. The molecule has 0 radical (unpaired) electrons. The molecule has 6 aromatic rings. The SMILES string of the molecule is O=C1CCC(N2Cc3cc(N4CC(OCCC#Cc5ccc(OC6CC(Oc7ccc(-c8ccc9c(c8)[nH]c8ccncc89)cn7)C6)cn5)C4)ccc3C2=O)C(O)N1. The minimum Gasteiger partial charge on any atom is -0.489 e. The molecule has 10 rings (SSSR count). The maximum atomic E-state index is 13.0. The molecule has 4 aromatic heterocycles. The average molecular weight is 776 g/mol. The maximum absolute atomic E-state index is 13.0. The number of nitrogens with zero attached hydrogens (tertiary/aromatic N) is 5. The molecule has 2 amide bonds. The molecule has 2 saturated heterocycles. The summed E-state index contributed by atoms with van der Waals surface area (Å²) < 4.78 is 18.3. The second-order valence-electron chi connectivity index (χ2n) is 15.4. The van der Waals surface area contributed by atoms with Gasteiger partial charge in [-0.25, -0.2) is 9.97 Å². The average Bonchev–Trinajstić information content (AvgIpc) is 3.74. The third-order valence-corrected chi connectivity index (χ3v) is 11.5. The topological polar surface area (TPSA) is 155 Å². The second-order valence-corrected chi connectivity index (χ2v) is 15.4. The van der Waals surface area contributed by atoms with Crippen LogP contribution < -0.4 is 19.7 Å². The molecule has 292 valence electrons. The van der Waals surface area contributed by atoms with E-state index in [1.165, 1.54) is 0 Å². The number of hydrogen-bond acceptors (Lipinski definition) is 10. The largest absolute Gasteiger partial charge is 0.489 e. The number of benzene rings is 2. The summed E-state index contributed by atoms with van der Waals surface area (Å²) in [6.45, 7) is 2.49. The van der Waals surface area contributed by atoms with Gasteiger partial charge >= 0.3 is 0 Å². The van der Waals surface area contributed by atoms with Gasteiger partial charge in [0, 0.05) is 109 Å². The molecule has 4 aliphatic rings. The quantitative estimate of drug-likeness (QED) is 0.122. The molecule has 7 heterocycles. The molecule has 3 N–H and O–H groups in total. The zero-order valence-corrected chi connectivity index (χ0v) is 31.6. The van der Waals surface area contributed by atoms with Crippen molar-refractivity contribution >= 4 is 39.3 Å². The summed E-state index contributed by atoms with van der Waals surface area (Å²) >= 11 is 0. The fourth-order valence-electron chi connectivity index (χ4n) is 8.22.